The Morgan fingerprint density at radius 2 is 1.65 bits per heavy atom. The van der Waals surface area contributed by atoms with Gasteiger partial charge in [0.2, 0.25) is 10.0 Å². The first kappa shape index (κ1) is 23.0. The van der Waals surface area contributed by atoms with Gasteiger partial charge in [0.1, 0.15) is 4.90 Å². The number of hydrogen-bond acceptors (Lipinski definition) is 5. The molecule has 3 rings (SSSR count). The Labute approximate surface area is 177 Å². The minimum Gasteiger partial charge on any atom is -0.393 e. The molecule has 1 aliphatic carbocycles. The standard InChI is InChI=1S/C20H22F3N3O4S/c1-24-17-7-2-11(20(28)25-13-9-15(21)19(23)16(22)10-13)8-18(17)31(29,30)26-12-3-5-14(27)6-4-12/h2,7-10,12,14,24,26-27H,3-6H2,1H3,(H,25,28). The van der Waals surface area contributed by atoms with E-state index in [0.29, 0.717) is 37.8 Å². The summed E-state index contributed by atoms with van der Waals surface area (Å²) in [6.45, 7) is 0. The van der Waals surface area contributed by atoms with E-state index in [2.05, 4.69) is 15.4 Å². The van der Waals surface area contributed by atoms with Gasteiger partial charge in [-0.2, -0.15) is 0 Å². The maximum absolute atomic E-state index is 13.4. The van der Waals surface area contributed by atoms with Crippen molar-refractivity contribution in [2.45, 2.75) is 42.7 Å². The first-order valence-electron chi connectivity index (χ1n) is 9.59. The zero-order chi connectivity index (χ0) is 22.8. The van der Waals surface area contributed by atoms with E-state index in [1.165, 1.54) is 19.2 Å². The molecular formula is C20H22F3N3O4S. The van der Waals surface area contributed by atoms with E-state index in [-0.39, 0.29) is 27.9 Å². The summed E-state index contributed by atoms with van der Waals surface area (Å²) in [5, 5.41) is 14.6. The third kappa shape index (κ3) is 5.35. The molecule has 2 aromatic rings. The molecule has 1 amide bonds. The fraction of sp³-hybridized carbons (Fsp3) is 0.350. The molecule has 0 radical (unpaired) electrons. The molecule has 1 fully saturated rings. The molecule has 0 aromatic heterocycles. The van der Waals surface area contributed by atoms with Crippen LogP contribution in [0.25, 0.3) is 0 Å². The summed E-state index contributed by atoms with van der Waals surface area (Å²) >= 11 is 0. The monoisotopic (exact) mass is 457 g/mol. The van der Waals surface area contributed by atoms with Crippen molar-refractivity contribution in [1.29, 1.82) is 0 Å². The molecule has 0 bridgehead atoms. The number of amides is 1. The number of sulfonamides is 1. The van der Waals surface area contributed by atoms with E-state index in [4.69, 9.17) is 0 Å². The summed E-state index contributed by atoms with van der Waals surface area (Å²) < 4.78 is 68.3. The third-order valence-corrected chi connectivity index (χ3v) is 6.62. The van der Waals surface area contributed by atoms with Gasteiger partial charge in [-0.3, -0.25) is 4.79 Å². The third-order valence-electron chi connectivity index (χ3n) is 5.06. The Balaban J connectivity index is 1.85. The predicted molar refractivity (Wildman–Crippen MR) is 109 cm³/mol. The first-order chi connectivity index (χ1) is 14.6. The molecule has 0 spiro atoms. The van der Waals surface area contributed by atoms with Crippen molar-refractivity contribution in [2.24, 2.45) is 0 Å². The van der Waals surface area contributed by atoms with Gasteiger partial charge in [-0.25, -0.2) is 26.3 Å². The van der Waals surface area contributed by atoms with Gasteiger partial charge in [0, 0.05) is 36.5 Å². The van der Waals surface area contributed by atoms with Crippen LogP contribution in [-0.4, -0.2) is 38.6 Å². The zero-order valence-corrected chi connectivity index (χ0v) is 17.4. The normalized spacial score (nSPS) is 19.1. The fourth-order valence-electron chi connectivity index (χ4n) is 3.40. The molecular weight excluding hydrogens is 435 g/mol. The van der Waals surface area contributed by atoms with Gasteiger partial charge >= 0.3 is 0 Å². The number of aliphatic hydroxyl groups excluding tert-OH is 1. The second-order valence-corrected chi connectivity index (χ2v) is 8.98. The summed E-state index contributed by atoms with van der Waals surface area (Å²) in [5.74, 6) is -5.42. The van der Waals surface area contributed by atoms with Crippen LogP contribution in [0.15, 0.2) is 35.2 Å². The van der Waals surface area contributed by atoms with Crippen LogP contribution < -0.4 is 15.4 Å². The van der Waals surface area contributed by atoms with Crippen molar-refractivity contribution in [2.75, 3.05) is 17.7 Å². The van der Waals surface area contributed by atoms with E-state index in [0.717, 1.165) is 6.07 Å². The number of carbonyl (C=O) groups is 1. The van der Waals surface area contributed by atoms with E-state index >= 15 is 0 Å². The number of anilines is 2. The molecule has 1 saturated carbocycles. The predicted octanol–water partition coefficient (Wildman–Crippen LogP) is 2.98. The van der Waals surface area contributed by atoms with Crippen molar-refractivity contribution in [3.05, 3.63) is 53.3 Å². The number of benzene rings is 2. The summed E-state index contributed by atoms with van der Waals surface area (Å²) in [5.41, 5.74) is -0.148. The first-order valence-corrected chi connectivity index (χ1v) is 11.1. The van der Waals surface area contributed by atoms with Crippen molar-refractivity contribution >= 4 is 27.3 Å². The number of rotatable bonds is 6. The highest BCUT2D eigenvalue weighted by molar-refractivity contribution is 7.89. The molecule has 0 saturated heterocycles. The van der Waals surface area contributed by atoms with Crippen molar-refractivity contribution in [3.8, 4) is 0 Å². The minimum atomic E-state index is -4.01. The Bertz CT molecular complexity index is 1060. The van der Waals surface area contributed by atoms with Crippen LogP contribution >= 0.6 is 0 Å². The Morgan fingerprint density at radius 3 is 2.23 bits per heavy atom. The highest BCUT2D eigenvalue weighted by atomic mass is 32.2. The SMILES string of the molecule is CNc1ccc(C(=O)Nc2cc(F)c(F)c(F)c2)cc1S(=O)(=O)NC1CCC(O)CC1. The average molecular weight is 457 g/mol. The van der Waals surface area contributed by atoms with Crippen LogP contribution in [0.4, 0.5) is 24.5 Å². The molecule has 0 aliphatic heterocycles. The largest absolute Gasteiger partial charge is 0.393 e. The maximum atomic E-state index is 13.4. The Hall–Kier alpha value is -2.63. The van der Waals surface area contributed by atoms with Crippen LogP contribution in [-0.2, 0) is 10.0 Å². The van der Waals surface area contributed by atoms with E-state index < -0.39 is 39.5 Å². The topological polar surface area (TPSA) is 108 Å². The van der Waals surface area contributed by atoms with Crippen LogP contribution in [0.1, 0.15) is 36.0 Å². The lowest BCUT2D eigenvalue weighted by Crippen LogP contribution is -2.38. The van der Waals surface area contributed by atoms with Gasteiger partial charge in [-0.15, -0.1) is 0 Å². The highest BCUT2D eigenvalue weighted by Crippen LogP contribution is 2.26. The van der Waals surface area contributed by atoms with Crippen LogP contribution in [0.5, 0.6) is 0 Å². The molecule has 0 unspecified atom stereocenters. The van der Waals surface area contributed by atoms with E-state index in [9.17, 15) is 31.5 Å². The molecule has 2 aromatic carbocycles. The van der Waals surface area contributed by atoms with Crippen LogP contribution in [0.2, 0.25) is 0 Å². The lowest BCUT2D eigenvalue weighted by atomic mass is 9.94. The summed E-state index contributed by atoms with van der Waals surface area (Å²) in [6, 6.07) is 4.76. The number of nitrogens with one attached hydrogen (secondary N) is 3. The second-order valence-electron chi connectivity index (χ2n) is 7.30. The van der Waals surface area contributed by atoms with Crippen LogP contribution in [0, 0.1) is 17.5 Å². The summed E-state index contributed by atoms with van der Waals surface area (Å²) in [7, 11) is -2.49. The molecule has 31 heavy (non-hydrogen) atoms. The number of carbonyl (C=O) groups excluding carboxylic acids is 1. The fourth-order valence-corrected chi connectivity index (χ4v) is 4.94. The zero-order valence-electron chi connectivity index (χ0n) is 16.6. The van der Waals surface area contributed by atoms with E-state index in [1.54, 1.807) is 0 Å². The van der Waals surface area contributed by atoms with Gasteiger partial charge < -0.3 is 15.7 Å². The lowest BCUT2D eigenvalue weighted by Gasteiger charge is -2.26. The Kier molecular flexibility index (Phi) is 6.87. The second kappa shape index (κ2) is 9.25. The number of hydrogen-bond donors (Lipinski definition) is 4. The van der Waals surface area contributed by atoms with E-state index in [1.807, 2.05) is 0 Å². The van der Waals surface area contributed by atoms with Crippen molar-refractivity contribution in [1.82, 2.24) is 4.72 Å². The van der Waals surface area contributed by atoms with Gasteiger partial charge in [0.25, 0.3) is 5.91 Å². The molecule has 7 nitrogen and oxygen atoms in total. The van der Waals surface area contributed by atoms with Crippen molar-refractivity contribution < 1.29 is 31.5 Å². The summed E-state index contributed by atoms with van der Waals surface area (Å²) in [4.78, 5) is 12.3. The van der Waals surface area contributed by atoms with Gasteiger partial charge in [-0.05, 0) is 43.9 Å². The number of halogens is 3. The minimum absolute atomic E-state index is 0.0800. The molecule has 11 heteroatoms. The van der Waals surface area contributed by atoms with Crippen LogP contribution in [0.3, 0.4) is 0 Å². The van der Waals surface area contributed by atoms with Gasteiger partial charge in [0.05, 0.1) is 11.8 Å². The molecule has 168 valence electrons. The number of aliphatic hydroxyl groups is 1. The lowest BCUT2D eigenvalue weighted by molar-refractivity contribution is 0.102. The molecule has 0 atom stereocenters. The maximum Gasteiger partial charge on any atom is 0.255 e. The van der Waals surface area contributed by atoms with Crippen molar-refractivity contribution in [3.63, 3.8) is 0 Å². The van der Waals surface area contributed by atoms with Gasteiger partial charge in [-0.1, -0.05) is 0 Å². The molecule has 0 heterocycles. The summed E-state index contributed by atoms with van der Waals surface area (Å²) in [6.07, 6.45) is 1.49. The smallest absolute Gasteiger partial charge is 0.255 e. The van der Waals surface area contributed by atoms with Gasteiger partial charge in [0.15, 0.2) is 17.5 Å². The Morgan fingerprint density at radius 1 is 1.03 bits per heavy atom. The molecule has 4 N–H and O–H groups in total. The average Bonchev–Trinajstić information content (AvgIpc) is 2.73. The quantitative estimate of drug-likeness (QED) is 0.499. The highest BCUT2D eigenvalue weighted by Gasteiger charge is 2.27. The molecule has 1 aliphatic rings.